The largest absolute Gasteiger partial charge is 6.00 e. The van der Waals surface area contributed by atoms with Gasteiger partial charge in [-0.1, -0.05) is 83.1 Å². The van der Waals surface area contributed by atoms with E-state index >= 15 is 0 Å². The summed E-state index contributed by atoms with van der Waals surface area (Å²) in [5.41, 5.74) is 1.00. The molecule has 0 spiro atoms. The summed E-state index contributed by atoms with van der Waals surface area (Å²) in [6.45, 7) is 40.0. The van der Waals surface area contributed by atoms with Gasteiger partial charge in [-0.05, 0) is 0 Å². The number of rotatable bonds is 0. The first-order valence-electron chi connectivity index (χ1n) is 7.41. The summed E-state index contributed by atoms with van der Waals surface area (Å²) in [5.74, 6) is 0. The number of hydrogen-bond acceptors (Lipinski definition) is 0. The predicted octanol–water partition coefficient (Wildman–Crippen LogP) is 7.46. The van der Waals surface area contributed by atoms with Crippen LogP contribution in [0.2, 0.25) is 0 Å². The standard InChI is InChI=1S/4C5H11.Cr/c4*1-5(2,3)4;/h4*1H2,2-4H3;/q4*-1;+6. The quantitative estimate of drug-likeness (QED) is 0.403. The van der Waals surface area contributed by atoms with E-state index in [2.05, 4.69) is 111 Å². The van der Waals surface area contributed by atoms with Crippen molar-refractivity contribution in [1.29, 1.82) is 0 Å². The van der Waals surface area contributed by atoms with Crippen LogP contribution < -0.4 is 0 Å². The van der Waals surface area contributed by atoms with Crippen LogP contribution in [0, 0.1) is 49.4 Å². The van der Waals surface area contributed by atoms with E-state index in [1.807, 2.05) is 0 Å². The van der Waals surface area contributed by atoms with Crippen LogP contribution in [0.5, 0.6) is 0 Å². The van der Waals surface area contributed by atoms with Gasteiger partial charge >= 0.3 is 17.4 Å². The normalized spacial score (nSPS) is 11.4. The zero-order valence-electron chi connectivity index (χ0n) is 17.2. The molecule has 0 heterocycles. The molecule has 1 heteroatoms. The molecule has 128 valence electrons. The van der Waals surface area contributed by atoms with E-state index in [0.717, 1.165) is 0 Å². The maximum Gasteiger partial charge on any atom is 6.00 e. The average Bonchev–Trinajstić information content (AvgIpc) is 1.62. The molecule has 21 heavy (non-hydrogen) atoms. The molecule has 0 aromatic rings. The van der Waals surface area contributed by atoms with Crippen molar-refractivity contribution < 1.29 is 17.4 Å². The Bertz CT molecular complexity index is 116. The molecule has 0 aliphatic rings. The Kier molecular flexibility index (Phi) is 20.6. The first-order chi connectivity index (χ1) is 8.00. The molecule has 0 aliphatic carbocycles. The van der Waals surface area contributed by atoms with Gasteiger partial charge < -0.3 is 27.7 Å². The van der Waals surface area contributed by atoms with Crippen molar-refractivity contribution in [3.63, 3.8) is 0 Å². The smallest absolute Gasteiger partial charge is 0.338 e. The molecule has 0 fully saturated rings. The van der Waals surface area contributed by atoms with Gasteiger partial charge in [0.25, 0.3) is 0 Å². The van der Waals surface area contributed by atoms with Crippen molar-refractivity contribution in [1.82, 2.24) is 0 Å². The fourth-order valence-electron chi connectivity index (χ4n) is 0. The second-order valence-electron chi connectivity index (χ2n) is 10.2. The minimum Gasteiger partial charge on any atom is -0.338 e. The fraction of sp³-hybridized carbons (Fsp3) is 0.800. The summed E-state index contributed by atoms with van der Waals surface area (Å²) in [7, 11) is 0. The second kappa shape index (κ2) is 13.0. The van der Waals surface area contributed by atoms with Gasteiger partial charge in [0.1, 0.15) is 0 Å². The Morgan fingerprint density at radius 3 is 0.333 bits per heavy atom. The minimum atomic E-state index is 0. The Morgan fingerprint density at radius 2 is 0.333 bits per heavy atom. The van der Waals surface area contributed by atoms with Gasteiger partial charge in [-0.15, -0.1) is 0 Å². The van der Waals surface area contributed by atoms with Gasteiger partial charge in [0.15, 0.2) is 0 Å². The molecular weight excluding hydrogens is 292 g/mol. The van der Waals surface area contributed by atoms with Crippen molar-refractivity contribution in [3.05, 3.63) is 27.7 Å². The number of hydrogen-bond donors (Lipinski definition) is 0. The Hall–Kier alpha value is 0.532. The molecule has 0 saturated heterocycles. The molecule has 0 aliphatic heterocycles. The van der Waals surface area contributed by atoms with Crippen molar-refractivity contribution in [3.8, 4) is 0 Å². The van der Waals surface area contributed by atoms with E-state index in [1.54, 1.807) is 0 Å². The third-order valence-electron chi connectivity index (χ3n) is 0. The fourth-order valence-corrected chi connectivity index (χ4v) is 0. The summed E-state index contributed by atoms with van der Waals surface area (Å²) >= 11 is 0. The van der Waals surface area contributed by atoms with Crippen LogP contribution in [0.3, 0.4) is 0 Å². The van der Waals surface area contributed by atoms with E-state index < -0.39 is 0 Å². The van der Waals surface area contributed by atoms with Crippen LogP contribution in [0.25, 0.3) is 0 Å². The molecule has 0 unspecified atom stereocenters. The minimum absolute atomic E-state index is 0. The summed E-state index contributed by atoms with van der Waals surface area (Å²) < 4.78 is 0. The van der Waals surface area contributed by atoms with Crippen molar-refractivity contribution in [2.24, 2.45) is 21.7 Å². The van der Waals surface area contributed by atoms with E-state index in [1.165, 1.54) is 0 Å². The molecule has 0 rings (SSSR count). The van der Waals surface area contributed by atoms with Gasteiger partial charge in [0.2, 0.25) is 0 Å². The molecule has 0 nitrogen and oxygen atoms in total. The first kappa shape index (κ1) is 33.2. The maximum absolute atomic E-state index is 3.77. The Balaban J connectivity index is -0.0000000533. The Morgan fingerprint density at radius 1 is 0.333 bits per heavy atom. The Labute approximate surface area is 150 Å². The zero-order valence-corrected chi connectivity index (χ0v) is 18.5. The van der Waals surface area contributed by atoms with Gasteiger partial charge in [-0.2, -0.15) is 21.7 Å². The van der Waals surface area contributed by atoms with Gasteiger partial charge in [-0.3, -0.25) is 0 Å². The molecule has 0 saturated carbocycles. The van der Waals surface area contributed by atoms with Gasteiger partial charge in [-0.25, -0.2) is 0 Å². The first-order valence-corrected chi connectivity index (χ1v) is 7.41. The van der Waals surface area contributed by atoms with Crippen LogP contribution in [0.1, 0.15) is 83.1 Å². The summed E-state index contributed by atoms with van der Waals surface area (Å²) in [6, 6.07) is 0. The molecular formula is C20H44Cr+2. The third-order valence-corrected chi connectivity index (χ3v) is 0. The van der Waals surface area contributed by atoms with E-state index in [0.29, 0.717) is 0 Å². The van der Waals surface area contributed by atoms with Crippen LogP contribution in [-0.2, 0) is 17.4 Å². The van der Waals surface area contributed by atoms with Crippen molar-refractivity contribution in [2.45, 2.75) is 83.1 Å². The predicted molar refractivity (Wildman–Crippen MR) is 99.2 cm³/mol. The van der Waals surface area contributed by atoms with Crippen LogP contribution in [0.15, 0.2) is 0 Å². The van der Waals surface area contributed by atoms with E-state index in [-0.39, 0.29) is 39.0 Å². The second-order valence-corrected chi connectivity index (χ2v) is 10.2. The molecule has 0 radical (unpaired) electrons. The monoisotopic (exact) mass is 336 g/mol. The van der Waals surface area contributed by atoms with Crippen molar-refractivity contribution >= 4 is 0 Å². The van der Waals surface area contributed by atoms with E-state index in [9.17, 15) is 0 Å². The summed E-state index contributed by atoms with van der Waals surface area (Å²) in [4.78, 5) is 0. The summed E-state index contributed by atoms with van der Waals surface area (Å²) in [5, 5.41) is 0. The SMILES string of the molecule is [CH2-]C(C)(C)C.[CH2-]C(C)(C)C.[CH2-]C(C)(C)C.[CH2-]C(C)(C)C.[Cr+6]. The van der Waals surface area contributed by atoms with Crippen LogP contribution >= 0.6 is 0 Å². The van der Waals surface area contributed by atoms with Gasteiger partial charge in [0, 0.05) is 0 Å². The molecule has 0 amide bonds. The molecule has 0 N–H and O–H groups in total. The molecule has 0 aromatic heterocycles. The van der Waals surface area contributed by atoms with Crippen LogP contribution in [-0.4, -0.2) is 0 Å². The molecule has 0 atom stereocenters. The van der Waals surface area contributed by atoms with Crippen molar-refractivity contribution in [2.75, 3.05) is 0 Å². The molecule has 0 aromatic carbocycles. The van der Waals surface area contributed by atoms with Crippen LogP contribution in [0.4, 0.5) is 0 Å². The van der Waals surface area contributed by atoms with E-state index in [4.69, 9.17) is 0 Å². The zero-order chi connectivity index (χ0) is 18.0. The van der Waals surface area contributed by atoms with Gasteiger partial charge in [0.05, 0.1) is 0 Å². The average molecular weight is 337 g/mol. The maximum atomic E-state index is 3.77. The summed E-state index contributed by atoms with van der Waals surface area (Å²) in [6.07, 6.45) is 0. The molecule has 0 bridgehead atoms. The topological polar surface area (TPSA) is 0 Å². The third kappa shape index (κ3) is 24900.